The van der Waals surface area contributed by atoms with Gasteiger partial charge in [-0.05, 0) is 31.8 Å². The van der Waals surface area contributed by atoms with E-state index < -0.39 is 6.10 Å². The van der Waals surface area contributed by atoms with Crippen molar-refractivity contribution in [2.24, 2.45) is 0 Å². The molecule has 4 nitrogen and oxygen atoms in total. The highest BCUT2D eigenvalue weighted by atomic mass is 16.3. The fourth-order valence-electron chi connectivity index (χ4n) is 1.39. The Morgan fingerprint density at radius 3 is 2.75 bits per heavy atom. The number of rotatable bonds is 6. The van der Waals surface area contributed by atoms with Crippen molar-refractivity contribution in [3.05, 3.63) is 29.8 Å². The van der Waals surface area contributed by atoms with Crippen molar-refractivity contribution in [1.29, 1.82) is 0 Å². The van der Waals surface area contributed by atoms with E-state index in [1.54, 1.807) is 24.3 Å². The lowest BCUT2D eigenvalue weighted by molar-refractivity contribution is 0.173. The Morgan fingerprint density at radius 2 is 2.12 bits per heavy atom. The van der Waals surface area contributed by atoms with E-state index >= 15 is 0 Å². The van der Waals surface area contributed by atoms with Crippen LogP contribution in [0.25, 0.3) is 0 Å². The summed E-state index contributed by atoms with van der Waals surface area (Å²) in [4.78, 5) is 2.08. The van der Waals surface area contributed by atoms with Crippen molar-refractivity contribution < 1.29 is 10.2 Å². The summed E-state index contributed by atoms with van der Waals surface area (Å²) >= 11 is 0. The second kappa shape index (κ2) is 6.48. The van der Waals surface area contributed by atoms with E-state index in [-0.39, 0.29) is 5.75 Å². The highest BCUT2D eigenvalue weighted by Gasteiger charge is 2.06. The molecule has 0 aromatic heterocycles. The molecule has 3 N–H and O–H groups in total. The van der Waals surface area contributed by atoms with Crippen LogP contribution in [0.5, 0.6) is 5.75 Å². The summed E-state index contributed by atoms with van der Waals surface area (Å²) in [5.41, 5.74) is 0.734. The Kier molecular flexibility index (Phi) is 5.25. The molecule has 0 aliphatic carbocycles. The van der Waals surface area contributed by atoms with Crippen LogP contribution < -0.4 is 5.32 Å². The van der Waals surface area contributed by atoms with Crippen molar-refractivity contribution in [2.45, 2.75) is 6.10 Å². The van der Waals surface area contributed by atoms with Crippen molar-refractivity contribution in [2.75, 3.05) is 33.7 Å². The predicted molar refractivity (Wildman–Crippen MR) is 64.5 cm³/mol. The average Bonchev–Trinajstić information content (AvgIpc) is 2.24. The van der Waals surface area contributed by atoms with Crippen LogP contribution in [0, 0.1) is 0 Å². The molecule has 0 saturated carbocycles. The molecular formula is C12H20N2O2. The maximum atomic E-state index is 9.82. The molecule has 0 bridgehead atoms. The fraction of sp³-hybridized carbons (Fsp3) is 0.500. The number of nitrogens with one attached hydrogen (secondary N) is 1. The standard InChI is InChI=1S/C12H20N2O2/c1-14(2)7-6-13-9-12(16)10-4-3-5-11(15)8-10/h3-5,8,12-13,15-16H,6-7,9H2,1-2H3. The van der Waals surface area contributed by atoms with Gasteiger partial charge in [-0.2, -0.15) is 0 Å². The number of hydrogen-bond acceptors (Lipinski definition) is 4. The summed E-state index contributed by atoms with van der Waals surface area (Å²) in [5, 5.41) is 22.3. The summed E-state index contributed by atoms with van der Waals surface area (Å²) < 4.78 is 0. The number of aliphatic hydroxyl groups is 1. The largest absolute Gasteiger partial charge is 0.508 e. The Morgan fingerprint density at radius 1 is 1.38 bits per heavy atom. The van der Waals surface area contributed by atoms with Crippen LogP contribution in [-0.2, 0) is 0 Å². The summed E-state index contributed by atoms with van der Waals surface area (Å²) in [6.07, 6.45) is -0.575. The van der Waals surface area contributed by atoms with Gasteiger partial charge in [-0.3, -0.25) is 0 Å². The highest BCUT2D eigenvalue weighted by Crippen LogP contribution is 2.17. The Bertz CT molecular complexity index is 316. The molecule has 1 atom stereocenters. The molecule has 0 aliphatic heterocycles. The molecule has 90 valence electrons. The zero-order valence-electron chi connectivity index (χ0n) is 9.85. The van der Waals surface area contributed by atoms with Crippen molar-refractivity contribution in [3.8, 4) is 5.75 Å². The average molecular weight is 224 g/mol. The van der Waals surface area contributed by atoms with Gasteiger partial charge in [0, 0.05) is 19.6 Å². The van der Waals surface area contributed by atoms with Crippen LogP contribution in [0.1, 0.15) is 11.7 Å². The molecule has 0 spiro atoms. The van der Waals surface area contributed by atoms with E-state index in [9.17, 15) is 10.2 Å². The van der Waals surface area contributed by atoms with Gasteiger partial charge < -0.3 is 20.4 Å². The molecule has 0 aliphatic rings. The lowest BCUT2D eigenvalue weighted by atomic mass is 10.1. The summed E-state index contributed by atoms with van der Waals surface area (Å²) in [6, 6.07) is 6.71. The normalized spacial score (nSPS) is 13.0. The minimum Gasteiger partial charge on any atom is -0.508 e. The van der Waals surface area contributed by atoms with E-state index in [4.69, 9.17) is 0 Å². The van der Waals surface area contributed by atoms with Gasteiger partial charge in [0.1, 0.15) is 5.75 Å². The van der Waals surface area contributed by atoms with Gasteiger partial charge in [0.05, 0.1) is 6.10 Å². The third-order valence-corrected chi connectivity index (χ3v) is 2.33. The Hall–Kier alpha value is -1.10. The third kappa shape index (κ3) is 4.61. The molecule has 0 heterocycles. The minimum absolute atomic E-state index is 0.185. The molecule has 0 saturated heterocycles. The summed E-state index contributed by atoms with van der Waals surface area (Å²) in [7, 11) is 4.01. The quantitative estimate of drug-likeness (QED) is 0.619. The van der Waals surface area contributed by atoms with Crippen molar-refractivity contribution >= 4 is 0 Å². The monoisotopic (exact) mass is 224 g/mol. The minimum atomic E-state index is -0.575. The molecule has 0 fully saturated rings. The van der Waals surface area contributed by atoms with Gasteiger partial charge in [0.25, 0.3) is 0 Å². The number of likely N-dealkylation sites (N-methyl/N-ethyl adjacent to an activating group) is 1. The molecule has 16 heavy (non-hydrogen) atoms. The number of aliphatic hydroxyl groups excluding tert-OH is 1. The lowest BCUT2D eigenvalue weighted by Gasteiger charge is -2.14. The van der Waals surface area contributed by atoms with Crippen LogP contribution in [0.3, 0.4) is 0 Å². The van der Waals surface area contributed by atoms with Gasteiger partial charge in [0.15, 0.2) is 0 Å². The number of hydrogen-bond donors (Lipinski definition) is 3. The first-order valence-electron chi connectivity index (χ1n) is 5.42. The second-order valence-corrected chi connectivity index (χ2v) is 4.12. The van der Waals surface area contributed by atoms with E-state index in [0.717, 1.165) is 18.7 Å². The van der Waals surface area contributed by atoms with Crippen molar-refractivity contribution in [3.63, 3.8) is 0 Å². The molecule has 0 radical (unpaired) electrons. The molecule has 0 amide bonds. The Balaban J connectivity index is 2.32. The van der Waals surface area contributed by atoms with Crippen LogP contribution >= 0.6 is 0 Å². The smallest absolute Gasteiger partial charge is 0.115 e. The predicted octanol–water partition coefficient (Wildman–Crippen LogP) is 0.577. The first kappa shape index (κ1) is 13.0. The number of benzene rings is 1. The summed E-state index contributed by atoms with van der Waals surface area (Å²) in [5.74, 6) is 0.185. The maximum Gasteiger partial charge on any atom is 0.115 e. The van der Waals surface area contributed by atoms with E-state index in [0.29, 0.717) is 6.54 Å². The molecule has 1 unspecified atom stereocenters. The SMILES string of the molecule is CN(C)CCNCC(O)c1cccc(O)c1. The van der Waals surface area contributed by atoms with Gasteiger partial charge in [-0.25, -0.2) is 0 Å². The zero-order valence-corrected chi connectivity index (χ0v) is 9.85. The topological polar surface area (TPSA) is 55.7 Å². The van der Waals surface area contributed by atoms with E-state index in [1.807, 2.05) is 14.1 Å². The molecule has 1 aromatic carbocycles. The number of nitrogens with zero attached hydrogens (tertiary/aromatic N) is 1. The lowest BCUT2D eigenvalue weighted by Crippen LogP contribution is -2.29. The van der Waals surface area contributed by atoms with Gasteiger partial charge in [0.2, 0.25) is 0 Å². The van der Waals surface area contributed by atoms with Gasteiger partial charge in [-0.15, -0.1) is 0 Å². The zero-order chi connectivity index (χ0) is 12.0. The van der Waals surface area contributed by atoms with Crippen molar-refractivity contribution in [1.82, 2.24) is 10.2 Å². The van der Waals surface area contributed by atoms with Gasteiger partial charge >= 0.3 is 0 Å². The second-order valence-electron chi connectivity index (χ2n) is 4.12. The van der Waals surface area contributed by atoms with Crippen LogP contribution in [0.15, 0.2) is 24.3 Å². The number of aromatic hydroxyl groups is 1. The molecular weight excluding hydrogens is 204 g/mol. The number of phenolic OH excluding ortho intramolecular Hbond substituents is 1. The van der Waals surface area contributed by atoms with Crippen LogP contribution in [0.2, 0.25) is 0 Å². The highest BCUT2D eigenvalue weighted by molar-refractivity contribution is 5.28. The maximum absolute atomic E-state index is 9.82. The number of phenols is 1. The van der Waals surface area contributed by atoms with Gasteiger partial charge in [-0.1, -0.05) is 12.1 Å². The first-order valence-corrected chi connectivity index (χ1v) is 5.42. The Labute approximate surface area is 96.5 Å². The van der Waals surface area contributed by atoms with E-state index in [1.165, 1.54) is 0 Å². The van der Waals surface area contributed by atoms with Crippen LogP contribution in [0.4, 0.5) is 0 Å². The van der Waals surface area contributed by atoms with Crippen LogP contribution in [-0.4, -0.2) is 48.8 Å². The third-order valence-electron chi connectivity index (χ3n) is 2.33. The summed E-state index contributed by atoms with van der Waals surface area (Å²) in [6.45, 7) is 2.27. The molecule has 1 aromatic rings. The molecule has 4 heteroatoms. The van der Waals surface area contributed by atoms with E-state index in [2.05, 4.69) is 10.2 Å². The fourth-order valence-corrected chi connectivity index (χ4v) is 1.39. The molecule has 1 rings (SSSR count). The first-order chi connectivity index (χ1) is 7.59.